The van der Waals surface area contributed by atoms with E-state index in [4.69, 9.17) is 9.47 Å². The Balaban J connectivity index is 1.85. The molecule has 0 atom stereocenters. The van der Waals surface area contributed by atoms with Crippen LogP contribution in [0.25, 0.3) is 0 Å². The Morgan fingerprint density at radius 1 is 1.07 bits per heavy atom. The number of rotatable bonds is 1. The van der Waals surface area contributed by atoms with Gasteiger partial charge in [0.25, 0.3) is 0 Å². The minimum absolute atomic E-state index is 0.360. The van der Waals surface area contributed by atoms with Crippen LogP contribution in [0.5, 0.6) is 11.5 Å². The number of fused-ring (bicyclic) bond motifs is 1. The first-order chi connectivity index (χ1) is 7.43. The van der Waals surface area contributed by atoms with E-state index < -0.39 is 0 Å². The van der Waals surface area contributed by atoms with Crippen molar-refractivity contribution in [3.63, 3.8) is 0 Å². The lowest BCUT2D eigenvalue weighted by Gasteiger charge is -2.21. The van der Waals surface area contributed by atoms with Crippen LogP contribution < -0.4 is 14.8 Å². The van der Waals surface area contributed by atoms with Gasteiger partial charge in [-0.25, -0.2) is 5.32 Å². The van der Waals surface area contributed by atoms with Crippen LogP contribution in [0.3, 0.4) is 0 Å². The summed E-state index contributed by atoms with van der Waals surface area (Å²) in [6, 6.07) is 6.30. The molecule has 3 rings (SSSR count). The van der Waals surface area contributed by atoms with E-state index in [2.05, 4.69) is 17.4 Å². The SMILES string of the molecule is c1cc2c(cc1C1CC[N]CC1)OCO2. The molecule has 3 heteroatoms. The van der Waals surface area contributed by atoms with Gasteiger partial charge in [0.05, 0.1) is 0 Å². The van der Waals surface area contributed by atoms with Crippen LogP contribution in [0, 0.1) is 0 Å². The summed E-state index contributed by atoms with van der Waals surface area (Å²) in [5.41, 5.74) is 1.37. The summed E-state index contributed by atoms with van der Waals surface area (Å²) in [6.07, 6.45) is 2.33. The van der Waals surface area contributed by atoms with Gasteiger partial charge in [-0.05, 0) is 36.5 Å². The molecule has 2 aliphatic heterocycles. The number of ether oxygens (including phenoxy) is 2. The van der Waals surface area contributed by atoms with E-state index in [1.807, 2.05) is 6.07 Å². The summed E-state index contributed by atoms with van der Waals surface area (Å²) in [7, 11) is 0. The molecule has 0 aliphatic carbocycles. The third-order valence-corrected chi connectivity index (χ3v) is 3.14. The maximum Gasteiger partial charge on any atom is 0.231 e. The molecule has 2 heterocycles. The minimum Gasteiger partial charge on any atom is -0.454 e. The highest BCUT2D eigenvalue weighted by molar-refractivity contribution is 5.45. The predicted octanol–water partition coefficient (Wildman–Crippen LogP) is 1.90. The molecule has 3 nitrogen and oxygen atoms in total. The maximum atomic E-state index is 5.38. The predicted molar refractivity (Wildman–Crippen MR) is 56.4 cm³/mol. The zero-order valence-electron chi connectivity index (χ0n) is 8.61. The van der Waals surface area contributed by atoms with Crippen LogP contribution in [0.2, 0.25) is 0 Å². The fraction of sp³-hybridized carbons (Fsp3) is 0.500. The molecule has 0 bridgehead atoms. The van der Waals surface area contributed by atoms with Crippen LogP contribution in [0.4, 0.5) is 0 Å². The average molecular weight is 204 g/mol. The number of hydrogen-bond donors (Lipinski definition) is 0. The summed E-state index contributed by atoms with van der Waals surface area (Å²) in [6.45, 7) is 2.36. The van der Waals surface area contributed by atoms with Gasteiger partial charge in [-0.2, -0.15) is 0 Å². The zero-order chi connectivity index (χ0) is 10.1. The molecule has 2 aliphatic rings. The summed E-state index contributed by atoms with van der Waals surface area (Å²) in [5, 5.41) is 4.37. The van der Waals surface area contributed by atoms with E-state index in [-0.39, 0.29) is 0 Å². The van der Waals surface area contributed by atoms with Gasteiger partial charge in [0, 0.05) is 13.1 Å². The summed E-state index contributed by atoms with van der Waals surface area (Å²) >= 11 is 0. The van der Waals surface area contributed by atoms with E-state index in [9.17, 15) is 0 Å². The Morgan fingerprint density at radius 3 is 2.73 bits per heavy atom. The van der Waals surface area contributed by atoms with E-state index >= 15 is 0 Å². The Morgan fingerprint density at radius 2 is 1.87 bits per heavy atom. The highest BCUT2D eigenvalue weighted by Crippen LogP contribution is 2.36. The first kappa shape index (κ1) is 9.04. The molecule has 1 aromatic carbocycles. The second-order valence-corrected chi connectivity index (χ2v) is 4.06. The fourth-order valence-electron chi connectivity index (χ4n) is 2.25. The Kier molecular flexibility index (Phi) is 2.25. The summed E-state index contributed by atoms with van der Waals surface area (Å²) in [5.74, 6) is 2.42. The van der Waals surface area contributed by atoms with Crippen LogP contribution in [-0.4, -0.2) is 19.9 Å². The average Bonchev–Trinajstić information content (AvgIpc) is 2.77. The van der Waals surface area contributed by atoms with Gasteiger partial charge < -0.3 is 9.47 Å². The molecule has 0 amide bonds. The van der Waals surface area contributed by atoms with Crippen molar-refractivity contribution in [1.29, 1.82) is 0 Å². The molecule has 0 aromatic heterocycles. The Labute approximate surface area is 89.4 Å². The van der Waals surface area contributed by atoms with E-state index in [1.165, 1.54) is 18.4 Å². The number of hydrogen-bond acceptors (Lipinski definition) is 2. The minimum atomic E-state index is 0.360. The van der Waals surface area contributed by atoms with Crippen molar-refractivity contribution in [3.05, 3.63) is 23.8 Å². The fourth-order valence-corrected chi connectivity index (χ4v) is 2.25. The van der Waals surface area contributed by atoms with Gasteiger partial charge in [0.1, 0.15) is 0 Å². The zero-order valence-corrected chi connectivity index (χ0v) is 8.61. The molecule has 15 heavy (non-hydrogen) atoms. The molecule has 0 spiro atoms. The van der Waals surface area contributed by atoms with Gasteiger partial charge in [-0.1, -0.05) is 6.07 Å². The van der Waals surface area contributed by atoms with Crippen molar-refractivity contribution >= 4 is 0 Å². The number of nitrogens with zero attached hydrogens (tertiary/aromatic N) is 1. The van der Waals surface area contributed by atoms with Crippen LogP contribution in [-0.2, 0) is 0 Å². The second-order valence-electron chi connectivity index (χ2n) is 4.06. The van der Waals surface area contributed by atoms with Crippen molar-refractivity contribution in [2.45, 2.75) is 18.8 Å². The van der Waals surface area contributed by atoms with Gasteiger partial charge in [-0.3, -0.25) is 0 Å². The Hall–Kier alpha value is -1.22. The van der Waals surface area contributed by atoms with E-state index in [1.54, 1.807) is 0 Å². The molecule has 1 aromatic rings. The molecule has 0 unspecified atom stereocenters. The van der Waals surface area contributed by atoms with Gasteiger partial charge in [0.2, 0.25) is 6.79 Å². The lowest BCUT2D eigenvalue weighted by Crippen LogP contribution is -2.20. The summed E-state index contributed by atoms with van der Waals surface area (Å²) < 4.78 is 10.7. The maximum absolute atomic E-state index is 5.38. The Bertz CT molecular complexity index is 359. The topological polar surface area (TPSA) is 32.6 Å². The lowest BCUT2D eigenvalue weighted by molar-refractivity contribution is 0.174. The van der Waals surface area contributed by atoms with Crippen LogP contribution in [0.1, 0.15) is 24.3 Å². The highest BCUT2D eigenvalue weighted by Gasteiger charge is 2.19. The summed E-state index contributed by atoms with van der Waals surface area (Å²) in [4.78, 5) is 0. The van der Waals surface area contributed by atoms with Gasteiger partial charge in [0.15, 0.2) is 11.5 Å². The van der Waals surface area contributed by atoms with Crippen molar-refractivity contribution in [3.8, 4) is 11.5 Å². The largest absolute Gasteiger partial charge is 0.454 e. The molecular weight excluding hydrogens is 190 g/mol. The standard InChI is InChI=1S/C12H14NO2/c1-2-11-12(15-8-14-11)7-10(1)9-3-5-13-6-4-9/h1-2,7,9H,3-6,8H2. The molecule has 1 radical (unpaired) electrons. The molecule has 1 saturated heterocycles. The normalized spacial score (nSPS) is 20.5. The van der Waals surface area contributed by atoms with Gasteiger partial charge >= 0.3 is 0 Å². The molecule has 1 fully saturated rings. The van der Waals surface area contributed by atoms with Gasteiger partial charge in [-0.15, -0.1) is 0 Å². The lowest BCUT2D eigenvalue weighted by atomic mass is 9.90. The molecular formula is C12H14NO2. The van der Waals surface area contributed by atoms with Crippen LogP contribution >= 0.6 is 0 Å². The first-order valence-corrected chi connectivity index (χ1v) is 5.46. The highest BCUT2D eigenvalue weighted by atomic mass is 16.7. The van der Waals surface area contributed by atoms with Crippen molar-refractivity contribution in [2.24, 2.45) is 0 Å². The second kappa shape index (κ2) is 3.74. The van der Waals surface area contributed by atoms with E-state index in [0.29, 0.717) is 12.7 Å². The monoisotopic (exact) mass is 204 g/mol. The smallest absolute Gasteiger partial charge is 0.231 e. The molecule has 0 N–H and O–H groups in total. The van der Waals surface area contributed by atoms with Crippen LogP contribution in [0.15, 0.2) is 18.2 Å². The van der Waals surface area contributed by atoms with Crippen molar-refractivity contribution in [1.82, 2.24) is 5.32 Å². The van der Waals surface area contributed by atoms with Crippen molar-refractivity contribution < 1.29 is 9.47 Å². The first-order valence-electron chi connectivity index (χ1n) is 5.46. The third-order valence-electron chi connectivity index (χ3n) is 3.14. The quantitative estimate of drug-likeness (QED) is 0.699. The number of benzene rings is 1. The van der Waals surface area contributed by atoms with E-state index in [0.717, 1.165) is 24.6 Å². The number of piperidine rings is 1. The molecule has 79 valence electrons. The third kappa shape index (κ3) is 1.67. The molecule has 0 saturated carbocycles. The van der Waals surface area contributed by atoms with Crippen molar-refractivity contribution in [2.75, 3.05) is 19.9 Å².